The van der Waals surface area contributed by atoms with Crippen LogP contribution in [0.2, 0.25) is 0 Å². The van der Waals surface area contributed by atoms with Crippen LogP contribution in [0.1, 0.15) is 44.9 Å². The van der Waals surface area contributed by atoms with Crippen molar-refractivity contribution in [3.05, 3.63) is 30.0 Å². The van der Waals surface area contributed by atoms with Crippen molar-refractivity contribution in [3.8, 4) is 5.75 Å². The molecule has 0 bridgehead atoms. The van der Waals surface area contributed by atoms with Gasteiger partial charge >= 0.3 is 0 Å². The molecule has 1 aliphatic heterocycles. The van der Waals surface area contributed by atoms with Crippen molar-refractivity contribution in [3.63, 3.8) is 0 Å². The third kappa shape index (κ3) is 3.58. The highest BCUT2D eigenvalue weighted by molar-refractivity contribution is 7.87. The SMILES string of the molecule is CCOc1cccc2cc(C(C)NS(=O)(=O)N3CCCCC3)oc12. The first-order valence-electron chi connectivity index (χ1n) is 8.44. The molecule has 1 unspecified atom stereocenters. The first-order chi connectivity index (χ1) is 11.5. The standard InChI is InChI=1S/C17H24N2O4S/c1-3-22-15-9-7-8-14-12-16(23-17(14)15)13(2)18-24(20,21)19-10-5-4-6-11-19/h7-9,12-13,18H,3-6,10-11H2,1-2H3. The fraction of sp³-hybridized carbons (Fsp3) is 0.529. The van der Waals surface area contributed by atoms with Crippen LogP contribution in [0, 0.1) is 0 Å². The van der Waals surface area contributed by atoms with E-state index in [4.69, 9.17) is 9.15 Å². The van der Waals surface area contributed by atoms with E-state index in [9.17, 15) is 8.42 Å². The molecule has 1 aromatic heterocycles. The van der Waals surface area contributed by atoms with Gasteiger partial charge in [0.05, 0.1) is 12.6 Å². The van der Waals surface area contributed by atoms with Crippen molar-refractivity contribution in [2.75, 3.05) is 19.7 Å². The van der Waals surface area contributed by atoms with Gasteiger partial charge in [0.25, 0.3) is 10.2 Å². The minimum absolute atomic E-state index is 0.446. The first-order valence-corrected chi connectivity index (χ1v) is 9.88. The van der Waals surface area contributed by atoms with Gasteiger partial charge in [-0.25, -0.2) is 0 Å². The average molecular weight is 352 g/mol. The number of hydrogen-bond acceptors (Lipinski definition) is 4. The van der Waals surface area contributed by atoms with Crippen LogP contribution in [-0.2, 0) is 10.2 Å². The van der Waals surface area contributed by atoms with Gasteiger partial charge in [-0.1, -0.05) is 18.6 Å². The smallest absolute Gasteiger partial charge is 0.280 e. The molecule has 3 rings (SSSR count). The Bertz CT molecular complexity index is 794. The van der Waals surface area contributed by atoms with Crippen LogP contribution in [0.5, 0.6) is 5.75 Å². The van der Waals surface area contributed by atoms with Gasteiger partial charge in [-0.3, -0.25) is 0 Å². The molecular formula is C17H24N2O4S. The third-order valence-corrected chi connectivity index (χ3v) is 5.93. The Morgan fingerprint density at radius 1 is 1.29 bits per heavy atom. The van der Waals surface area contributed by atoms with Gasteiger partial charge in [0.2, 0.25) is 0 Å². The molecule has 1 N–H and O–H groups in total. The highest BCUT2D eigenvalue weighted by atomic mass is 32.2. The fourth-order valence-electron chi connectivity index (χ4n) is 3.00. The van der Waals surface area contributed by atoms with Crippen molar-refractivity contribution in [1.29, 1.82) is 0 Å². The summed E-state index contributed by atoms with van der Waals surface area (Å²) >= 11 is 0. The van der Waals surface area contributed by atoms with Gasteiger partial charge < -0.3 is 9.15 Å². The van der Waals surface area contributed by atoms with E-state index in [-0.39, 0.29) is 0 Å². The minimum atomic E-state index is -3.50. The molecule has 1 atom stereocenters. The summed E-state index contributed by atoms with van der Waals surface area (Å²) in [7, 11) is -3.50. The monoisotopic (exact) mass is 352 g/mol. The van der Waals surface area contributed by atoms with Crippen LogP contribution in [-0.4, -0.2) is 32.4 Å². The summed E-state index contributed by atoms with van der Waals surface area (Å²) in [6.45, 7) is 5.41. The molecule has 1 saturated heterocycles. The number of furan rings is 1. The highest BCUT2D eigenvalue weighted by Crippen LogP contribution is 2.31. The molecule has 6 nitrogen and oxygen atoms in total. The molecule has 0 saturated carbocycles. The van der Waals surface area contributed by atoms with Crippen LogP contribution >= 0.6 is 0 Å². The second-order valence-electron chi connectivity index (χ2n) is 6.06. The zero-order valence-electron chi connectivity index (χ0n) is 14.1. The van der Waals surface area contributed by atoms with Gasteiger partial charge in [0.1, 0.15) is 5.76 Å². The van der Waals surface area contributed by atoms with E-state index in [1.54, 1.807) is 6.92 Å². The average Bonchev–Trinajstić information content (AvgIpc) is 3.01. The summed E-state index contributed by atoms with van der Waals surface area (Å²) in [4.78, 5) is 0. The van der Waals surface area contributed by atoms with E-state index >= 15 is 0 Å². The molecule has 7 heteroatoms. The molecule has 0 aliphatic carbocycles. The number of benzene rings is 1. The number of nitrogens with one attached hydrogen (secondary N) is 1. The van der Waals surface area contributed by atoms with Gasteiger partial charge in [-0.2, -0.15) is 17.4 Å². The van der Waals surface area contributed by atoms with Crippen molar-refractivity contribution < 1.29 is 17.6 Å². The van der Waals surface area contributed by atoms with E-state index in [0.29, 0.717) is 36.8 Å². The number of nitrogens with zero attached hydrogens (tertiary/aromatic N) is 1. The Morgan fingerprint density at radius 3 is 2.75 bits per heavy atom. The fourth-order valence-corrected chi connectivity index (χ4v) is 4.45. The lowest BCUT2D eigenvalue weighted by Crippen LogP contribution is -2.44. The van der Waals surface area contributed by atoms with E-state index in [1.807, 2.05) is 31.2 Å². The number of fused-ring (bicyclic) bond motifs is 1. The molecule has 132 valence electrons. The summed E-state index contributed by atoms with van der Waals surface area (Å²) in [6, 6.07) is 7.09. The Kier molecular flexibility index (Phi) is 5.12. The zero-order chi connectivity index (χ0) is 17.2. The van der Waals surface area contributed by atoms with Crippen LogP contribution in [0.15, 0.2) is 28.7 Å². The predicted molar refractivity (Wildman–Crippen MR) is 93.3 cm³/mol. The van der Waals surface area contributed by atoms with E-state index in [1.165, 1.54) is 4.31 Å². The largest absolute Gasteiger partial charge is 0.490 e. The molecular weight excluding hydrogens is 328 g/mol. The lowest BCUT2D eigenvalue weighted by atomic mass is 10.2. The van der Waals surface area contributed by atoms with Crippen LogP contribution in [0.3, 0.4) is 0 Å². The summed E-state index contributed by atoms with van der Waals surface area (Å²) < 4.78 is 40.7. The number of rotatable bonds is 6. The molecule has 0 radical (unpaired) electrons. The number of ether oxygens (including phenoxy) is 1. The van der Waals surface area contributed by atoms with Gasteiger partial charge in [-0.15, -0.1) is 0 Å². The minimum Gasteiger partial charge on any atom is -0.490 e. The van der Waals surface area contributed by atoms with Crippen molar-refractivity contribution >= 4 is 21.2 Å². The molecule has 24 heavy (non-hydrogen) atoms. The van der Waals surface area contributed by atoms with Crippen molar-refractivity contribution in [1.82, 2.24) is 9.03 Å². The third-order valence-electron chi connectivity index (χ3n) is 4.23. The normalized spacial score (nSPS) is 17.9. The van der Waals surface area contributed by atoms with Crippen LogP contribution in [0.25, 0.3) is 11.0 Å². The number of hydrogen-bond donors (Lipinski definition) is 1. The van der Waals surface area contributed by atoms with Gasteiger partial charge in [-0.05, 0) is 38.8 Å². The molecule has 1 aliphatic rings. The lowest BCUT2D eigenvalue weighted by molar-refractivity contribution is 0.333. The van der Waals surface area contributed by atoms with Crippen LogP contribution < -0.4 is 9.46 Å². The van der Waals surface area contributed by atoms with Gasteiger partial charge in [0.15, 0.2) is 11.3 Å². The van der Waals surface area contributed by atoms with Gasteiger partial charge in [0, 0.05) is 18.5 Å². The predicted octanol–water partition coefficient (Wildman–Crippen LogP) is 3.21. The van der Waals surface area contributed by atoms with E-state index in [0.717, 1.165) is 24.6 Å². The molecule has 1 aromatic carbocycles. The Hall–Kier alpha value is -1.57. The maximum Gasteiger partial charge on any atom is 0.280 e. The zero-order valence-corrected chi connectivity index (χ0v) is 14.9. The molecule has 2 heterocycles. The Labute approximate surface area is 143 Å². The number of piperidine rings is 1. The Morgan fingerprint density at radius 2 is 2.04 bits per heavy atom. The van der Waals surface area contributed by atoms with Crippen molar-refractivity contribution in [2.24, 2.45) is 0 Å². The number of para-hydroxylation sites is 1. The summed E-state index contributed by atoms with van der Waals surface area (Å²) in [5, 5.41) is 0.903. The molecule has 0 amide bonds. The second-order valence-corrected chi connectivity index (χ2v) is 7.76. The summed E-state index contributed by atoms with van der Waals surface area (Å²) in [6.07, 6.45) is 2.92. The van der Waals surface area contributed by atoms with E-state index in [2.05, 4.69) is 4.72 Å². The molecule has 0 spiro atoms. The lowest BCUT2D eigenvalue weighted by Gasteiger charge is -2.27. The maximum absolute atomic E-state index is 12.5. The Balaban J connectivity index is 1.80. The quantitative estimate of drug-likeness (QED) is 0.866. The molecule has 2 aromatic rings. The topological polar surface area (TPSA) is 71.8 Å². The first kappa shape index (κ1) is 17.3. The van der Waals surface area contributed by atoms with Crippen LogP contribution in [0.4, 0.5) is 0 Å². The van der Waals surface area contributed by atoms with Crippen molar-refractivity contribution in [2.45, 2.75) is 39.2 Å². The second kappa shape index (κ2) is 7.13. The maximum atomic E-state index is 12.5. The van der Waals surface area contributed by atoms with E-state index < -0.39 is 16.3 Å². The summed E-state index contributed by atoms with van der Waals surface area (Å²) in [5.41, 5.74) is 0.651. The highest BCUT2D eigenvalue weighted by Gasteiger charge is 2.27. The summed E-state index contributed by atoms with van der Waals surface area (Å²) in [5.74, 6) is 1.25. The molecule has 1 fully saturated rings.